The smallest absolute Gasteiger partial charge is 0.138 e. The molecule has 92 valence electrons. The number of hydrogen-bond acceptors (Lipinski definition) is 3. The van der Waals surface area contributed by atoms with Crippen molar-refractivity contribution >= 4 is 11.0 Å². The molecule has 0 saturated heterocycles. The van der Waals surface area contributed by atoms with E-state index < -0.39 is 0 Å². The molecule has 1 N–H and O–H groups in total. The highest BCUT2D eigenvalue weighted by Crippen LogP contribution is 2.22. The number of rotatable bonds is 4. The van der Waals surface area contributed by atoms with Gasteiger partial charge in [-0.3, -0.25) is 0 Å². The first-order valence-corrected chi connectivity index (χ1v) is 5.88. The van der Waals surface area contributed by atoms with Crippen molar-refractivity contribution in [1.29, 1.82) is 5.26 Å². The molecule has 2 heterocycles. The quantitative estimate of drug-likeness (QED) is 0.837. The Kier molecular flexibility index (Phi) is 3.63. The van der Waals surface area contributed by atoms with Crippen molar-refractivity contribution < 1.29 is 4.74 Å². The van der Waals surface area contributed by atoms with Crippen LogP contribution in [0.2, 0.25) is 0 Å². The highest BCUT2D eigenvalue weighted by atomic mass is 16.5. The summed E-state index contributed by atoms with van der Waals surface area (Å²) >= 11 is 0. The molecule has 18 heavy (non-hydrogen) atoms. The molecule has 0 aromatic carbocycles. The van der Waals surface area contributed by atoms with Crippen molar-refractivity contribution in [3.05, 3.63) is 36.2 Å². The Balaban J connectivity index is 2.31. The van der Waals surface area contributed by atoms with Crippen LogP contribution in [-0.4, -0.2) is 16.1 Å². The number of hydrogen-bond donors (Lipinski definition) is 1. The van der Waals surface area contributed by atoms with Crippen LogP contribution >= 0.6 is 0 Å². The molecule has 0 fully saturated rings. The second kappa shape index (κ2) is 5.37. The minimum Gasteiger partial charge on any atom is -0.489 e. The van der Waals surface area contributed by atoms with Gasteiger partial charge in [-0.05, 0) is 31.9 Å². The lowest BCUT2D eigenvalue weighted by molar-refractivity contribution is 0.242. The predicted molar refractivity (Wildman–Crippen MR) is 70.3 cm³/mol. The monoisotopic (exact) mass is 241 g/mol. The topological polar surface area (TPSA) is 61.7 Å². The van der Waals surface area contributed by atoms with Gasteiger partial charge in [-0.25, -0.2) is 4.98 Å². The zero-order valence-corrected chi connectivity index (χ0v) is 10.5. The summed E-state index contributed by atoms with van der Waals surface area (Å²) in [5.41, 5.74) is 1.95. The first-order chi connectivity index (χ1) is 8.70. The average Bonchev–Trinajstić information content (AvgIpc) is 2.72. The van der Waals surface area contributed by atoms with E-state index in [2.05, 4.69) is 9.97 Å². The fourth-order valence-electron chi connectivity index (χ4n) is 1.78. The molecule has 2 aromatic rings. The Bertz CT molecular complexity index is 605. The minimum absolute atomic E-state index is 0.130. The van der Waals surface area contributed by atoms with E-state index in [-0.39, 0.29) is 6.10 Å². The maximum atomic E-state index is 8.47. The second-order valence-corrected chi connectivity index (χ2v) is 4.28. The van der Waals surface area contributed by atoms with Crippen molar-refractivity contribution in [3.8, 4) is 11.8 Å². The Morgan fingerprint density at radius 3 is 3.11 bits per heavy atom. The van der Waals surface area contributed by atoms with Crippen LogP contribution in [0.3, 0.4) is 0 Å². The summed E-state index contributed by atoms with van der Waals surface area (Å²) in [6.07, 6.45) is 7.79. The molecule has 0 saturated carbocycles. The molecule has 0 aliphatic heterocycles. The lowest BCUT2D eigenvalue weighted by Crippen LogP contribution is -2.05. The predicted octanol–water partition coefficient (Wildman–Crippen LogP) is 2.97. The van der Waals surface area contributed by atoms with E-state index in [4.69, 9.17) is 10.00 Å². The first kappa shape index (κ1) is 12.2. The third-order valence-electron chi connectivity index (χ3n) is 2.49. The molecule has 0 radical (unpaired) electrons. The number of ether oxygens (including phenoxy) is 1. The van der Waals surface area contributed by atoms with Gasteiger partial charge >= 0.3 is 0 Å². The highest BCUT2D eigenvalue weighted by Gasteiger charge is 2.06. The van der Waals surface area contributed by atoms with Crippen molar-refractivity contribution in [2.24, 2.45) is 0 Å². The highest BCUT2D eigenvalue weighted by molar-refractivity contribution is 5.81. The van der Waals surface area contributed by atoms with Crippen LogP contribution in [0.1, 0.15) is 19.4 Å². The number of aromatic nitrogens is 2. The van der Waals surface area contributed by atoms with Crippen LogP contribution in [0.25, 0.3) is 11.0 Å². The SMILES string of the molecule is CC(C)Oc1cnc2[nH]cc(C/C=C\C#N)c2c1. The van der Waals surface area contributed by atoms with Gasteiger partial charge < -0.3 is 9.72 Å². The van der Waals surface area contributed by atoms with E-state index in [1.54, 1.807) is 6.20 Å². The third-order valence-corrected chi connectivity index (χ3v) is 2.49. The third kappa shape index (κ3) is 2.69. The lowest BCUT2D eigenvalue weighted by Gasteiger charge is -2.08. The molecule has 0 aliphatic rings. The van der Waals surface area contributed by atoms with Gasteiger partial charge in [0.25, 0.3) is 0 Å². The normalized spacial score (nSPS) is 11.2. The maximum Gasteiger partial charge on any atom is 0.138 e. The summed E-state index contributed by atoms with van der Waals surface area (Å²) in [5.74, 6) is 0.766. The van der Waals surface area contributed by atoms with Crippen LogP contribution < -0.4 is 4.74 Å². The van der Waals surface area contributed by atoms with Gasteiger partial charge in [0.2, 0.25) is 0 Å². The molecule has 4 heteroatoms. The van der Waals surface area contributed by atoms with E-state index in [1.807, 2.05) is 38.3 Å². The molecule has 0 unspecified atom stereocenters. The van der Waals surface area contributed by atoms with Crippen molar-refractivity contribution in [3.63, 3.8) is 0 Å². The zero-order chi connectivity index (χ0) is 13.0. The molecule has 0 bridgehead atoms. The Labute approximate surface area is 106 Å². The molecule has 2 rings (SSSR count). The van der Waals surface area contributed by atoms with Crippen molar-refractivity contribution in [2.45, 2.75) is 26.4 Å². The summed E-state index contributed by atoms with van der Waals surface area (Å²) in [6.45, 7) is 3.97. The summed E-state index contributed by atoms with van der Waals surface area (Å²) in [7, 11) is 0. The molecule has 0 spiro atoms. The molecule has 4 nitrogen and oxygen atoms in total. The van der Waals surface area contributed by atoms with Gasteiger partial charge in [-0.15, -0.1) is 0 Å². The van der Waals surface area contributed by atoms with Gasteiger partial charge in [0.15, 0.2) is 0 Å². The number of pyridine rings is 1. The molecular formula is C14H15N3O. The standard InChI is InChI=1S/C14H15N3O/c1-10(2)18-12-7-13-11(5-3-4-6-15)8-16-14(13)17-9-12/h3-4,7-10H,5H2,1-2H3,(H,16,17)/b4-3-. The summed E-state index contributed by atoms with van der Waals surface area (Å²) in [5, 5.41) is 9.51. The summed E-state index contributed by atoms with van der Waals surface area (Å²) < 4.78 is 5.63. The van der Waals surface area contributed by atoms with Crippen LogP contribution in [0.4, 0.5) is 0 Å². The van der Waals surface area contributed by atoms with Crippen LogP contribution in [0.15, 0.2) is 30.6 Å². The number of nitrogens with zero attached hydrogens (tertiary/aromatic N) is 2. The Morgan fingerprint density at radius 1 is 1.56 bits per heavy atom. The molecule has 2 aromatic heterocycles. The van der Waals surface area contributed by atoms with E-state index in [0.717, 1.165) is 22.3 Å². The fraction of sp³-hybridized carbons (Fsp3) is 0.286. The Hall–Kier alpha value is -2.28. The van der Waals surface area contributed by atoms with E-state index in [9.17, 15) is 0 Å². The van der Waals surface area contributed by atoms with E-state index in [0.29, 0.717) is 6.42 Å². The summed E-state index contributed by atoms with van der Waals surface area (Å²) in [6, 6.07) is 3.97. The largest absolute Gasteiger partial charge is 0.489 e. The maximum absolute atomic E-state index is 8.47. The molecular weight excluding hydrogens is 226 g/mol. The first-order valence-electron chi connectivity index (χ1n) is 5.88. The molecule has 0 aliphatic carbocycles. The van der Waals surface area contributed by atoms with Crippen molar-refractivity contribution in [1.82, 2.24) is 9.97 Å². The van der Waals surface area contributed by atoms with Crippen LogP contribution in [0, 0.1) is 11.3 Å². The van der Waals surface area contributed by atoms with Gasteiger partial charge in [0.1, 0.15) is 11.4 Å². The number of aromatic amines is 1. The average molecular weight is 241 g/mol. The van der Waals surface area contributed by atoms with Gasteiger partial charge in [0.05, 0.1) is 18.4 Å². The van der Waals surface area contributed by atoms with Crippen LogP contribution in [-0.2, 0) is 6.42 Å². The van der Waals surface area contributed by atoms with Gasteiger partial charge in [0, 0.05) is 17.7 Å². The number of allylic oxidation sites excluding steroid dienone is 2. The van der Waals surface area contributed by atoms with Gasteiger partial charge in [-0.1, -0.05) is 6.08 Å². The minimum atomic E-state index is 0.130. The number of nitriles is 1. The van der Waals surface area contributed by atoms with Crippen LogP contribution in [0.5, 0.6) is 5.75 Å². The lowest BCUT2D eigenvalue weighted by atomic mass is 10.1. The number of fused-ring (bicyclic) bond motifs is 1. The second-order valence-electron chi connectivity index (χ2n) is 4.28. The fourth-order valence-corrected chi connectivity index (χ4v) is 1.78. The zero-order valence-electron chi connectivity index (χ0n) is 10.5. The molecule has 0 atom stereocenters. The summed E-state index contributed by atoms with van der Waals surface area (Å²) in [4.78, 5) is 7.43. The molecule has 0 amide bonds. The number of H-pyrrole nitrogens is 1. The number of nitrogens with one attached hydrogen (secondary N) is 1. The van der Waals surface area contributed by atoms with Crippen molar-refractivity contribution in [2.75, 3.05) is 0 Å². The van der Waals surface area contributed by atoms with E-state index in [1.165, 1.54) is 6.08 Å². The Morgan fingerprint density at radius 2 is 2.39 bits per heavy atom. The van der Waals surface area contributed by atoms with E-state index >= 15 is 0 Å². The van der Waals surface area contributed by atoms with Gasteiger partial charge in [-0.2, -0.15) is 5.26 Å².